The van der Waals surface area contributed by atoms with Gasteiger partial charge in [0.2, 0.25) is 0 Å². The number of ether oxygens (including phenoxy) is 2. The number of hydrogen-bond acceptors (Lipinski definition) is 5. The highest BCUT2D eigenvalue weighted by molar-refractivity contribution is 6.06. The lowest BCUT2D eigenvalue weighted by molar-refractivity contribution is 0.0588. The Labute approximate surface area is 160 Å². The minimum absolute atomic E-state index is 0.209. The van der Waals surface area contributed by atoms with Crippen molar-refractivity contribution < 1.29 is 23.9 Å². The summed E-state index contributed by atoms with van der Waals surface area (Å²) in [6, 6.07) is -0.979. The summed E-state index contributed by atoms with van der Waals surface area (Å²) in [5.41, 5.74) is 2.02. The topological polar surface area (TPSA) is 89.9 Å². The van der Waals surface area contributed by atoms with Crippen molar-refractivity contribution in [3.05, 3.63) is 22.5 Å². The third-order valence-corrected chi connectivity index (χ3v) is 4.74. The normalized spacial score (nSPS) is 11.8. The molecular weight excluding hydrogens is 350 g/mol. The molecule has 1 rings (SSSR count). The fourth-order valence-electron chi connectivity index (χ4n) is 3.18. The number of rotatable bonds is 9. The number of nitrogens with zero attached hydrogens (tertiary/aromatic N) is 2. The van der Waals surface area contributed by atoms with Gasteiger partial charge in [-0.3, -0.25) is 4.79 Å². The van der Waals surface area contributed by atoms with E-state index in [1.807, 2.05) is 6.92 Å². The van der Waals surface area contributed by atoms with Crippen LogP contribution in [0.1, 0.15) is 52.4 Å². The van der Waals surface area contributed by atoms with Crippen LogP contribution in [0.3, 0.4) is 0 Å². The first-order valence-corrected chi connectivity index (χ1v) is 9.04. The summed E-state index contributed by atoms with van der Waals surface area (Å²) in [5, 5.41) is 2.75. The van der Waals surface area contributed by atoms with Crippen LogP contribution in [0.25, 0.3) is 0 Å². The van der Waals surface area contributed by atoms with Gasteiger partial charge in [-0.05, 0) is 39.7 Å². The number of Topliss-reactive ketones (excluding diaryl/α,β-unsaturated/α-hetero) is 1. The number of urea groups is 1. The smallest absolute Gasteiger partial charge is 0.354 e. The number of carbonyl (C=O) groups excluding carboxylic acids is 3. The first kappa shape index (κ1) is 22.7. The largest absolute Gasteiger partial charge is 0.464 e. The van der Waals surface area contributed by atoms with Gasteiger partial charge in [0.15, 0.2) is 5.78 Å². The molecule has 8 heteroatoms. The maximum Gasteiger partial charge on any atom is 0.354 e. The zero-order valence-corrected chi connectivity index (χ0v) is 17.3. The maximum absolute atomic E-state index is 13.2. The third-order valence-electron chi connectivity index (χ3n) is 4.74. The van der Waals surface area contributed by atoms with Gasteiger partial charge in [-0.1, -0.05) is 0 Å². The Balaban J connectivity index is 3.24. The van der Waals surface area contributed by atoms with Crippen molar-refractivity contribution in [2.45, 2.75) is 40.2 Å². The van der Waals surface area contributed by atoms with E-state index in [4.69, 9.17) is 9.47 Å². The molecule has 2 amide bonds. The predicted molar refractivity (Wildman–Crippen MR) is 102 cm³/mol. The number of carbonyl (C=O) groups is 3. The SMILES string of the molecule is CCNC(=O)N(CCCOC)C(C)C(=O)c1c(C)c(C(=O)OC)n(C)c1C. The summed E-state index contributed by atoms with van der Waals surface area (Å²) in [4.78, 5) is 39.3. The first-order chi connectivity index (χ1) is 12.7. The molecular formula is C19H31N3O5. The zero-order valence-electron chi connectivity index (χ0n) is 17.3. The van der Waals surface area contributed by atoms with Crippen LogP contribution in [0.15, 0.2) is 0 Å². The molecule has 1 heterocycles. The summed E-state index contributed by atoms with van der Waals surface area (Å²) >= 11 is 0. The van der Waals surface area contributed by atoms with Crippen molar-refractivity contribution >= 4 is 17.8 Å². The van der Waals surface area contributed by atoms with Gasteiger partial charge in [0.1, 0.15) is 5.69 Å². The quantitative estimate of drug-likeness (QED) is 0.402. The van der Waals surface area contributed by atoms with Gasteiger partial charge in [0.05, 0.1) is 13.2 Å². The van der Waals surface area contributed by atoms with Gasteiger partial charge in [0.25, 0.3) is 0 Å². The molecule has 0 saturated heterocycles. The van der Waals surface area contributed by atoms with E-state index in [-0.39, 0.29) is 11.8 Å². The van der Waals surface area contributed by atoms with E-state index in [0.717, 1.165) is 0 Å². The summed E-state index contributed by atoms with van der Waals surface area (Å²) in [6.45, 7) is 8.38. The van der Waals surface area contributed by atoms with Gasteiger partial charge < -0.3 is 24.3 Å². The van der Waals surface area contributed by atoms with Crippen LogP contribution in [-0.2, 0) is 16.5 Å². The average molecular weight is 381 g/mol. The van der Waals surface area contributed by atoms with E-state index in [0.29, 0.717) is 48.6 Å². The molecule has 1 unspecified atom stereocenters. The fraction of sp³-hybridized carbons (Fsp3) is 0.632. The van der Waals surface area contributed by atoms with Crippen LogP contribution in [-0.4, -0.2) is 67.2 Å². The molecule has 152 valence electrons. The molecule has 0 aliphatic rings. The van der Waals surface area contributed by atoms with Gasteiger partial charge in [-0.2, -0.15) is 0 Å². The van der Waals surface area contributed by atoms with Crippen molar-refractivity contribution in [2.24, 2.45) is 7.05 Å². The van der Waals surface area contributed by atoms with Crippen LogP contribution in [0.5, 0.6) is 0 Å². The summed E-state index contributed by atoms with van der Waals surface area (Å²) < 4.78 is 11.5. The highest BCUT2D eigenvalue weighted by Gasteiger charge is 2.32. The molecule has 1 atom stereocenters. The lowest BCUT2D eigenvalue weighted by atomic mass is 10.00. The van der Waals surface area contributed by atoms with Crippen LogP contribution < -0.4 is 5.32 Å². The van der Waals surface area contributed by atoms with Gasteiger partial charge in [-0.15, -0.1) is 0 Å². The van der Waals surface area contributed by atoms with Crippen molar-refractivity contribution in [3.8, 4) is 0 Å². The molecule has 0 aliphatic heterocycles. The van der Waals surface area contributed by atoms with Crippen molar-refractivity contribution in [2.75, 3.05) is 33.9 Å². The third kappa shape index (κ3) is 4.88. The number of ketones is 1. The molecule has 0 aromatic carbocycles. The van der Waals surface area contributed by atoms with E-state index >= 15 is 0 Å². The number of nitrogens with one attached hydrogen (secondary N) is 1. The molecule has 0 bridgehead atoms. The second-order valence-corrected chi connectivity index (χ2v) is 6.40. The Bertz CT molecular complexity index is 696. The molecule has 0 radical (unpaired) electrons. The van der Waals surface area contributed by atoms with Crippen LogP contribution in [0.2, 0.25) is 0 Å². The van der Waals surface area contributed by atoms with Gasteiger partial charge in [-0.25, -0.2) is 9.59 Å². The molecule has 1 aromatic rings. The lowest BCUT2D eigenvalue weighted by Gasteiger charge is -2.28. The van der Waals surface area contributed by atoms with E-state index in [9.17, 15) is 14.4 Å². The average Bonchev–Trinajstić information content (AvgIpc) is 2.86. The molecule has 0 spiro atoms. The molecule has 0 saturated carbocycles. The molecule has 8 nitrogen and oxygen atoms in total. The Morgan fingerprint density at radius 3 is 2.37 bits per heavy atom. The van der Waals surface area contributed by atoms with Gasteiger partial charge >= 0.3 is 12.0 Å². The summed E-state index contributed by atoms with van der Waals surface area (Å²) in [7, 11) is 4.62. The van der Waals surface area contributed by atoms with Crippen molar-refractivity contribution in [3.63, 3.8) is 0 Å². The Morgan fingerprint density at radius 2 is 1.85 bits per heavy atom. The standard InChI is InChI=1S/C19H31N3O5/c1-8-20-19(25)22(10-9-11-26-6)14(4)17(23)15-12(2)16(18(24)27-7)21(5)13(15)3/h14H,8-11H2,1-7H3,(H,20,25). The Kier molecular flexibility index (Phi) is 8.49. The molecule has 0 fully saturated rings. The van der Waals surface area contributed by atoms with Crippen molar-refractivity contribution in [1.29, 1.82) is 0 Å². The van der Waals surface area contributed by atoms with Crippen molar-refractivity contribution in [1.82, 2.24) is 14.8 Å². The minimum atomic E-state index is -0.682. The number of esters is 1. The fourth-order valence-corrected chi connectivity index (χ4v) is 3.18. The Morgan fingerprint density at radius 1 is 1.22 bits per heavy atom. The molecule has 1 aromatic heterocycles. The van der Waals surface area contributed by atoms with E-state index in [1.165, 1.54) is 12.0 Å². The van der Waals surface area contributed by atoms with Crippen LogP contribution in [0, 0.1) is 13.8 Å². The second kappa shape index (κ2) is 10.1. The summed E-state index contributed by atoms with van der Waals surface area (Å²) in [6.07, 6.45) is 0.616. The zero-order chi connectivity index (χ0) is 20.7. The maximum atomic E-state index is 13.2. The first-order valence-electron chi connectivity index (χ1n) is 9.04. The number of hydrogen-bond donors (Lipinski definition) is 1. The number of amides is 2. The second-order valence-electron chi connectivity index (χ2n) is 6.40. The van der Waals surface area contributed by atoms with E-state index < -0.39 is 12.0 Å². The Hall–Kier alpha value is -2.35. The van der Waals surface area contributed by atoms with Gasteiger partial charge in [0, 0.05) is 45.1 Å². The molecule has 1 N–H and O–H groups in total. The molecule has 0 aliphatic carbocycles. The van der Waals surface area contributed by atoms with Crippen LogP contribution >= 0.6 is 0 Å². The predicted octanol–water partition coefficient (Wildman–Crippen LogP) is 2.07. The number of methoxy groups -OCH3 is 2. The lowest BCUT2D eigenvalue weighted by Crippen LogP contribution is -2.49. The number of aromatic nitrogens is 1. The van der Waals surface area contributed by atoms with E-state index in [1.54, 1.807) is 39.5 Å². The molecule has 27 heavy (non-hydrogen) atoms. The highest BCUT2D eigenvalue weighted by Crippen LogP contribution is 2.24. The summed E-state index contributed by atoms with van der Waals surface area (Å²) in [5.74, 6) is -0.704. The highest BCUT2D eigenvalue weighted by atomic mass is 16.5. The minimum Gasteiger partial charge on any atom is -0.464 e. The van der Waals surface area contributed by atoms with E-state index in [2.05, 4.69) is 5.32 Å². The van der Waals surface area contributed by atoms with Crippen LogP contribution in [0.4, 0.5) is 4.79 Å². The monoisotopic (exact) mass is 381 g/mol.